The molecule has 1 aromatic rings. The maximum atomic E-state index is 12.6. The van der Waals surface area contributed by atoms with E-state index in [2.05, 4.69) is 0 Å². The number of carbonyl (C=O) groups is 2. The number of carboxylic acids is 1. The van der Waals surface area contributed by atoms with E-state index >= 15 is 0 Å². The molecule has 23 heavy (non-hydrogen) atoms. The van der Waals surface area contributed by atoms with Gasteiger partial charge >= 0.3 is 5.97 Å². The molecule has 1 aliphatic rings. The monoisotopic (exact) mass is 339 g/mol. The van der Waals surface area contributed by atoms with Gasteiger partial charge in [0, 0.05) is 18.6 Å². The smallest absolute Gasteiger partial charge is 0.308 e. The highest BCUT2D eigenvalue weighted by Gasteiger charge is 2.24. The van der Waals surface area contributed by atoms with Crippen molar-refractivity contribution in [3.8, 4) is 5.75 Å². The highest BCUT2D eigenvalue weighted by molar-refractivity contribution is 6.31. The van der Waals surface area contributed by atoms with Gasteiger partial charge in [-0.15, -0.1) is 0 Å². The van der Waals surface area contributed by atoms with Gasteiger partial charge in [-0.25, -0.2) is 0 Å². The Morgan fingerprint density at radius 3 is 2.65 bits per heavy atom. The van der Waals surface area contributed by atoms with E-state index in [0.717, 1.165) is 25.7 Å². The summed E-state index contributed by atoms with van der Waals surface area (Å²) in [5.41, 5.74) is 0.379. The Morgan fingerprint density at radius 2 is 2.04 bits per heavy atom. The summed E-state index contributed by atoms with van der Waals surface area (Å²) in [6, 6.07) is 4.99. The lowest BCUT2D eigenvalue weighted by Crippen LogP contribution is -2.34. The second-order valence-electron chi connectivity index (χ2n) is 6.09. The molecule has 1 N–H and O–H groups in total. The molecule has 0 saturated heterocycles. The average Bonchev–Trinajstić information content (AvgIpc) is 3.01. The molecule has 126 valence electrons. The van der Waals surface area contributed by atoms with Crippen molar-refractivity contribution in [3.63, 3.8) is 0 Å². The molecule has 1 amide bonds. The number of carboxylic acid groups (broad SMARTS) is 1. The van der Waals surface area contributed by atoms with Crippen LogP contribution in [0.2, 0.25) is 5.02 Å². The Bertz CT molecular complexity index is 584. The largest absolute Gasteiger partial charge is 0.490 e. The highest BCUT2D eigenvalue weighted by Crippen LogP contribution is 2.29. The minimum absolute atomic E-state index is 0.129. The van der Waals surface area contributed by atoms with Gasteiger partial charge in [-0.3, -0.25) is 9.59 Å². The van der Waals surface area contributed by atoms with Crippen molar-refractivity contribution in [3.05, 3.63) is 28.8 Å². The molecular weight excluding hydrogens is 318 g/mol. The molecule has 0 radical (unpaired) electrons. The third kappa shape index (κ3) is 4.61. The number of amides is 1. The van der Waals surface area contributed by atoms with E-state index in [1.165, 1.54) is 4.90 Å². The van der Waals surface area contributed by atoms with Crippen molar-refractivity contribution in [1.82, 2.24) is 4.90 Å². The fraction of sp³-hybridized carbons (Fsp3) is 0.529. The highest BCUT2D eigenvalue weighted by atomic mass is 35.5. The summed E-state index contributed by atoms with van der Waals surface area (Å²) < 4.78 is 5.96. The summed E-state index contributed by atoms with van der Waals surface area (Å²) in [6.07, 6.45) is 4.38. The number of ether oxygens (including phenoxy) is 1. The van der Waals surface area contributed by atoms with Crippen LogP contribution in [0, 0.1) is 5.92 Å². The van der Waals surface area contributed by atoms with E-state index in [-0.39, 0.29) is 18.6 Å². The summed E-state index contributed by atoms with van der Waals surface area (Å²) in [6.45, 7) is 1.70. The normalized spacial score (nSPS) is 16.1. The summed E-state index contributed by atoms with van der Waals surface area (Å²) in [7, 11) is 1.59. The predicted octanol–water partition coefficient (Wildman–Crippen LogP) is 3.45. The molecule has 2 rings (SSSR count). The van der Waals surface area contributed by atoms with Crippen LogP contribution in [-0.2, 0) is 4.79 Å². The lowest BCUT2D eigenvalue weighted by Gasteiger charge is -2.22. The molecule has 1 fully saturated rings. The quantitative estimate of drug-likeness (QED) is 0.862. The Hall–Kier alpha value is -1.75. The predicted molar refractivity (Wildman–Crippen MR) is 88.1 cm³/mol. The Morgan fingerprint density at radius 1 is 1.39 bits per heavy atom. The first-order chi connectivity index (χ1) is 10.9. The molecule has 1 aliphatic carbocycles. The van der Waals surface area contributed by atoms with E-state index in [9.17, 15) is 9.59 Å². The third-order valence-corrected chi connectivity index (χ3v) is 4.32. The zero-order valence-corrected chi connectivity index (χ0v) is 14.2. The molecule has 1 unspecified atom stereocenters. The molecule has 0 aliphatic heterocycles. The fourth-order valence-corrected chi connectivity index (χ4v) is 2.91. The maximum absolute atomic E-state index is 12.6. The van der Waals surface area contributed by atoms with Crippen LogP contribution >= 0.6 is 11.6 Å². The van der Waals surface area contributed by atoms with E-state index in [4.69, 9.17) is 21.4 Å². The van der Waals surface area contributed by atoms with Gasteiger partial charge in [0.2, 0.25) is 0 Å². The van der Waals surface area contributed by atoms with Crippen molar-refractivity contribution in [2.75, 3.05) is 13.6 Å². The number of nitrogens with zero attached hydrogens (tertiary/aromatic N) is 1. The van der Waals surface area contributed by atoms with Crippen molar-refractivity contribution >= 4 is 23.5 Å². The average molecular weight is 340 g/mol. The first-order valence-electron chi connectivity index (χ1n) is 7.83. The van der Waals surface area contributed by atoms with Crippen LogP contribution in [0.4, 0.5) is 0 Å². The van der Waals surface area contributed by atoms with Crippen molar-refractivity contribution in [1.29, 1.82) is 0 Å². The van der Waals surface area contributed by atoms with E-state index in [1.807, 2.05) is 0 Å². The number of carbonyl (C=O) groups excluding carboxylic acids is 1. The van der Waals surface area contributed by atoms with Crippen LogP contribution in [0.5, 0.6) is 5.75 Å². The molecule has 0 heterocycles. The molecule has 5 nitrogen and oxygen atoms in total. The summed E-state index contributed by atoms with van der Waals surface area (Å²) in [5, 5.41) is 9.44. The zero-order chi connectivity index (χ0) is 17.0. The SMILES string of the molecule is CC(CN(C)C(=O)c1cc(Cl)ccc1OC1CCCC1)C(=O)O. The molecule has 0 aromatic heterocycles. The van der Waals surface area contributed by atoms with Gasteiger partial charge in [0.05, 0.1) is 17.6 Å². The lowest BCUT2D eigenvalue weighted by atomic mass is 10.1. The van der Waals surface area contributed by atoms with Crippen LogP contribution < -0.4 is 4.74 Å². The maximum Gasteiger partial charge on any atom is 0.308 e. The summed E-state index contributed by atoms with van der Waals surface area (Å²) in [4.78, 5) is 25.0. The van der Waals surface area contributed by atoms with Gasteiger partial charge in [0.1, 0.15) is 5.75 Å². The van der Waals surface area contributed by atoms with Crippen LogP contribution in [-0.4, -0.2) is 41.6 Å². The van der Waals surface area contributed by atoms with Crippen molar-refractivity contribution < 1.29 is 19.4 Å². The number of benzene rings is 1. The number of aliphatic carboxylic acids is 1. The first-order valence-corrected chi connectivity index (χ1v) is 8.20. The molecule has 0 bridgehead atoms. The second kappa shape index (κ2) is 7.68. The van der Waals surface area contributed by atoms with Gasteiger partial charge in [0.15, 0.2) is 0 Å². The fourth-order valence-electron chi connectivity index (χ4n) is 2.74. The van der Waals surface area contributed by atoms with Crippen molar-refractivity contribution in [2.45, 2.75) is 38.7 Å². The number of rotatable bonds is 6. The zero-order valence-electron chi connectivity index (χ0n) is 13.4. The standard InChI is InChI=1S/C17H22ClNO4/c1-11(17(21)22)10-19(2)16(20)14-9-12(18)7-8-15(14)23-13-5-3-4-6-13/h7-9,11,13H,3-6,10H2,1-2H3,(H,21,22). The molecule has 1 saturated carbocycles. The topological polar surface area (TPSA) is 66.8 Å². The van der Waals surface area contributed by atoms with Gasteiger partial charge in [-0.05, 0) is 43.9 Å². The van der Waals surface area contributed by atoms with E-state index < -0.39 is 11.9 Å². The second-order valence-corrected chi connectivity index (χ2v) is 6.53. The molecule has 0 spiro atoms. The summed E-state index contributed by atoms with van der Waals surface area (Å²) >= 11 is 6.02. The van der Waals surface area contributed by atoms with Crippen LogP contribution in [0.15, 0.2) is 18.2 Å². The summed E-state index contributed by atoms with van der Waals surface area (Å²) in [5.74, 6) is -1.34. The third-order valence-electron chi connectivity index (χ3n) is 4.08. The van der Waals surface area contributed by atoms with Crippen molar-refractivity contribution in [2.24, 2.45) is 5.92 Å². The number of halogens is 1. The Labute approximate surface area is 141 Å². The molecular formula is C17H22ClNO4. The minimum atomic E-state index is -0.932. The lowest BCUT2D eigenvalue weighted by molar-refractivity contribution is -0.141. The number of hydrogen-bond donors (Lipinski definition) is 1. The molecule has 6 heteroatoms. The van der Waals surface area contributed by atoms with Crippen LogP contribution in [0.3, 0.4) is 0 Å². The van der Waals surface area contributed by atoms with E-state index in [0.29, 0.717) is 16.3 Å². The van der Waals surface area contributed by atoms with Crippen LogP contribution in [0.1, 0.15) is 43.0 Å². The van der Waals surface area contributed by atoms with E-state index in [1.54, 1.807) is 32.2 Å². The minimum Gasteiger partial charge on any atom is -0.490 e. The van der Waals surface area contributed by atoms with Crippen LogP contribution in [0.25, 0.3) is 0 Å². The van der Waals surface area contributed by atoms with Gasteiger partial charge in [0.25, 0.3) is 5.91 Å². The molecule has 1 atom stereocenters. The van der Waals surface area contributed by atoms with Gasteiger partial charge < -0.3 is 14.7 Å². The molecule has 1 aromatic carbocycles. The number of hydrogen-bond acceptors (Lipinski definition) is 3. The first kappa shape index (κ1) is 17.6. The van der Waals surface area contributed by atoms with Gasteiger partial charge in [-0.2, -0.15) is 0 Å². The Kier molecular flexibility index (Phi) is 5.88. The Balaban J connectivity index is 2.17. The van der Waals surface area contributed by atoms with Gasteiger partial charge in [-0.1, -0.05) is 18.5 Å².